The molecule has 1 aliphatic rings. The molecular formula is C13H13F3N2O2S. The Kier molecular flexibility index (Phi) is 4.00. The second kappa shape index (κ2) is 5.31. The first-order valence-electron chi connectivity index (χ1n) is 6.24. The van der Waals surface area contributed by atoms with Gasteiger partial charge >= 0.3 is 6.18 Å². The monoisotopic (exact) mass is 318 g/mol. The van der Waals surface area contributed by atoms with E-state index in [1.54, 1.807) is 6.92 Å². The Morgan fingerprint density at radius 3 is 2.43 bits per heavy atom. The van der Waals surface area contributed by atoms with Crippen LogP contribution >= 0.6 is 0 Å². The van der Waals surface area contributed by atoms with Crippen LogP contribution in [0.2, 0.25) is 0 Å². The zero-order chi connectivity index (χ0) is 15.8. The van der Waals surface area contributed by atoms with E-state index >= 15 is 0 Å². The number of nitriles is 1. The highest BCUT2D eigenvalue weighted by Gasteiger charge is 2.44. The van der Waals surface area contributed by atoms with Gasteiger partial charge in [0.25, 0.3) is 0 Å². The summed E-state index contributed by atoms with van der Waals surface area (Å²) in [6.07, 6.45) is -3.72. The summed E-state index contributed by atoms with van der Waals surface area (Å²) in [5.41, 5.74) is 0.712. The number of rotatable bonds is 4. The normalized spacial score (nSPS) is 16.0. The van der Waals surface area contributed by atoms with E-state index < -0.39 is 28.8 Å². The van der Waals surface area contributed by atoms with Crippen molar-refractivity contribution in [3.63, 3.8) is 0 Å². The summed E-state index contributed by atoms with van der Waals surface area (Å²) >= 11 is 0. The van der Waals surface area contributed by atoms with E-state index in [1.807, 2.05) is 6.07 Å². The van der Waals surface area contributed by atoms with E-state index in [2.05, 4.69) is 0 Å². The van der Waals surface area contributed by atoms with Crippen LogP contribution in [0, 0.1) is 18.3 Å². The van der Waals surface area contributed by atoms with Gasteiger partial charge in [-0.2, -0.15) is 22.7 Å². The van der Waals surface area contributed by atoms with E-state index in [0.29, 0.717) is 28.3 Å². The summed E-state index contributed by atoms with van der Waals surface area (Å²) < 4.78 is 63.0. The Bertz CT molecular complexity index is 688. The minimum absolute atomic E-state index is 0.213. The largest absolute Gasteiger partial charge is 0.402 e. The van der Waals surface area contributed by atoms with Crippen molar-refractivity contribution in [2.75, 3.05) is 6.54 Å². The zero-order valence-electron chi connectivity index (χ0n) is 11.2. The number of nitrogens with zero attached hydrogens (tertiary/aromatic N) is 2. The Morgan fingerprint density at radius 1 is 1.38 bits per heavy atom. The number of alkyl halides is 3. The van der Waals surface area contributed by atoms with E-state index in [9.17, 15) is 21.6 Å². The molecule has 0 atom stereocenters. The van der Waals surface area contributed by atoms with Crippen LogP contribution in [0.3, 0.4) is 0 Å². The van der Waals surface area contributed by atoms with Gasteiger partial charge in [-0.3, -0.25) is 0 Å². The van der Waals surface area contributed by atoms with Crippen LogP contribution in [0.1, 0.15) is 24.0 Å². The Morgan fingerprint density at radius 2 is 2.00 bits per heavy atom. The predicted molar refractivity (Wildman–Crippen MR) is 68.9 cm³/mol. The third-order valence-electron chi connectivity index (χ3n) is 3.21. The average molecular weight is 318 g/mol. The van der Waals surface area contributed by atoms with Crippen LogP contribution in [-0.2, 0) is 10.0 Å². The minimum atomic E-state index is -4.59. The van der Waals surface area contributed by atoms with Crippen molar-refractivity contribution in [2.45, 2.75) is 36.9 Å². The maximum atomic E-state index is 12.6. The zero-order valence-corrected chi connectivity index (χ0v) is 12.0. The molecule has 1 saturated carbocycles. The highest BCUT2D eigenvalue weighted by atomic mass is 32.2. The molecule has 0 aliphatic heterocycles. The fraction of sp³-hybridized carbons (Fsp3) is 0.462. The molecule has 0 spiro atoms. The van der Waals surface area contributed by atoms with Gasteiger partial charge < -0.3 is 0 Å². The van der Waals surface area contributed by atoms with Gasteiger partial charge in [-0.1, -0.05) is 0 Å². The molecule has 114 valence electrons. The molecule has 2 rings (SSSR count). The molecule has 0 heterocycles. The summed E-state index contributed by atoms with van der Waals surface area (Å²) in [4.78, 5) is -0.213. The average Bonchev–Trinajstić information content (AvgIpc) is 3.18. The first-order chi connectivity index (χ1) is 9.65. The van der Waals surface area contributed by atoms with Gasteiger partial charge in [0.1, 0.15) is 6.54 Å². The summed E-state index contributed by atoms with van der Waals surface area (Å²) in [5, 5.41) is 8.81. The lowest BCUT2D eigenvalue weighted by molar-refractivity contribution is -0.137. The van der Waals surface area contributed by atoms with E-state index in [4.69, 9.17) is 5.26 Å². The lowest BCUT2D eigenvalue weighted by atomic mass is 10.1. The highest BCUT2D eigenvalue weighted by molar-refractivity contribution is 7.89. The SMILES string of the molecule is Cc1cc(S(=O)(=O)N(CC(F)(F)F)C2CC2)ccc1C#N. The van der Waals surface area contributed by atoms with Crippen molar-refractivity contribution in [2.24, 2.45) is 0 Å². The lowest BCUT2D eigenvalue weighted by Gasteiger charge is -2.23. The van der Waals surface area contributed by atoms with Gasteiger partial charge in [-0.05, 0) is 43.5 Å². The quantitative estimate of drug-likeness (QED) is 0.857. The number of sulfonamides is 1. The topological polar surface area (TPSA) is 61.2 Å². The third kappa shape index (κ3) is 3.54. The standard InChI is InChI=1S/C13H13F3N2O2S/c1-9-6-12(5-2-10(9)7-17)21(19,20)18(11-3-4-11)8-13(14,15)16/h2,5-6,11H,3-4,8H2,1H3. The van der Waals surface area contributed by atoms with Crippen molar-refractivity contribution in [3.05, 3.63) is 29.3 Å². The molecule has 0 saturated heterocycles. The molecule has 1 aromatic rings. The molecule has 0 radical (unpaired) electrons. The number of benzene rings is 1. The van der Waals surface area contributed by atoms with Gasteiger partial charge in [0, 0.05) is 6.04 Å². The van der Waals surface area contributed by atoms with Crippen molar-refractivity contribution >= 4 is 10.0 Å². The minimum Gasteiger partial charge on any atom is -0.207 e. The van der Waals surface area contributed by atoms with Crippen LogP contribution in [0.25, 0.3) is 0 Å². The molecule has 1 aromatic carbocycles. The van der Waals surface area contributed by atoms with Gasteiger partial charge in [0.2, 0.25) is 10.0 Å². The maximum Gasteiger partial charge on any atom is 0.402 e. The Labute approximate surface area is 120 Å². The molecule has 0 unspecified atom stereocenters. The lowest BCUT2D eigenvalue weighted by Crippen LogP contribution is -2.40. The van der Waals surface area contributed by atoms with Gasteiger partial charge in [-0.25, -0.2) is 8.42 Å². The van der Waals surface area contributed by atoms with Gasteiger partial charge in [0.05, 0.1) is 16.5 Å². The smallest absolute Gasteiger partial charge is 0.207 e. The first-order valence-corrected chi connectivity index (χ1v) is 7.68. The molecule has 8 heteroatoms. The highest BCUT2D eigenvalue weighted by Crippen LogP contribution is 2.35. The molecular weight excluding hydrogens is 305 g/mol. The molecule has 1 fully saturated rings. The molecule has 0 aromatic heterocycles. The maximum absolute atomic E-state index is 12.6. The van der Waals surface area contributed by atoms with E-state index in [1.165, 1.54) is 18.2 Å². The number of hydrogen-bond acceptors (Lipinski definition) is 3. The fourth-order valence-corrected chi connectivity index (χ4v) is 3.76. The van der Waals surface area contributed by atoms with Gasteiger partial charge in [0.15, 0.2) is 0 Å². The van der Waals surface area contributed by atoms with Crippen LogP contribution in [0.4, 0.5) is 13.2 Å². The van der Waals surface area contributed by atoms with Crippen LogP contribution < -0.4 is 0 Å². The van der Waals surface area contributed by atoms with Crippen molar-refractivity contribution in [1.29, 1.82) is 5.26 Å². The summed E-state index contributed by atoms with van der Waals surface area (Å²) in [5.74, 6) is 0. The number of aryl methyl sites for hydroxylation is 1. The Balaban J connectivity index is 2.39. The summed E-state index contributed by atoms with van der Waals surface area (Å²) in [6, 6.07) is 5.01. The van der Waals surface area contributed by atoms with Gasteiger partial charge in [-0.15, -0.1) is 0 Å². The molecule has 1 aliphatic carbocycles. The van der Waals surface area contributed by atoms with Crippen molar-refractivity contribution in [3.8, 4) is 6.07 Å². The second-order valence-electron chi connectivity index (χ2n) is 4.99. The number of halogens is 3. The van der Waals surface area contributed by atoms with Crippen LogP contribution in [0.15, 0.2) is 23.1 Å². The Hall–Kier alpha value is -1.59. The van der Waals surface area contributed by atoms with E-state index in [-0.39, 0.29) is 4.90 Å². The van der Waals surface area contributed by atoms with Crippen molar-refractivity contribution in [1.82, 2.24) is 4.31 Å². The first kappa shape index (κ1) is 15.8. The van der Waals surface area contributed by atoms with Crippen molar-refractivity contribution < 1.29 is 21.6 Å². The molecule has 21 heavy (non-hydrogen) atoms. The second-order valence-corrected chi connectivity index (χ2v) is 6.88. The predicted octanol–water partition coefficient (Wildman–Crippen LogP) is 2.58. The van der Waals surface area contributed by atoms with E-state index in [0.717, 1.165) is 0 Å². The third-order valence-corrected chi connectivity index (χ3v) is 5.11. The molecule has 0 bridgehead atoms. The molecule has 4 nitrogen and oxygen atoms in total. The molecule has 0 amide bonds. The summed E-state index contributed by atoms with van der Waals surface area (Å²) in [6.45, 7) is 0.0574. The fourth-order valence-electron chi connectivity index (χ4n) is 2.01. The van der Waals surface area contributed by atoms with Crippen LogP contribution in [-0.4, -0.2) is 31.5 Å². The summed E-state index contributed by atoms with van der Waals surface area (Å²) in [7, 11) is -4.21. The number of hydrogen-bond donors (Lipinski definition) is 0. The van der Waals surface area contributed by atoms with Crippen LogP contribution in [0.5, 0.6) is 0 Å². The molecule has 0 N–H and O–H groups in total.